The monoisotopic (exact) mass is 357 g/mol. The Kier molecular flexibility index (Phi) is 5.26. The van der Waals surface area contributed by atoms with Crippen LogP contribution >= 0.6 is 0 Å². The van der Waals surface area contributed by atoms with Crippen molar-refractivity contribution in [2.75, 3.05) is 37.6 Å². The molecule has 0 spiro atoms. The Bertz CT molecular complexity index is 871. The summed E-state index contributed by atoms with van der Waals surface area (Å²) in [6.45, 7) is 4.03. The number of ketones is 1. The maximum absolute atomic E-state index is 12.6. The largest absolute Gasteiger partial charge is 0.354 e. The molecule has 0 unspecified atom stereocenters. The van der Waals surface area contributed by atoms with Crippen LogP contribution in [-0.2, 0) is 0 Å². The second-order valence-electron chi connectivity index (χ2n) is 6.82. The molecule has 2 aromatic carbocycles. The van der Waals surface area contributed by atoms with E-state index < -0.39 is 0 Å². The molecule has 0 atom stereocenters. The first kappa shape index (κ1) is 17.4. The molecule has 4 nitrogen and oxygen atoms in total. The normalized spacial score (nSPS) is 14.9. The summed E-state index contributed by atoms with van der Waals surface area (Å²) in [5.74, 6) is 1.20. The lowest BCUT2D eigenvalue weighted by atomic mass is 10.0. The van der Waals surface area contributed by atoms with Crippen molar-refractivity contribution in [3.8, 4) is 11.1 Å². The Morgan fingerprint density at radius 3 is 2.11 bits per heavy atom. The van der Waals surface area contributed by atoms with Crippen LogP contribution in [0.1, 0.15) is 10.4 Å². The van der Waals surface area contributed by atoms with Gasteiger partial charge in [0.2, 0.25) is 0 Å². The first-order valence-corrected chi connectivity index (χ1v) is 9.36. The predicted molar refractivity (Wildman–Crippen MR) is 109 cm³/mol. The number of pyridine rings is 1. The van der Waals surface area contributed by atoms with Crippen molar-refractivity contribution < 1.29 is 4.79 Å². The van der Waals surface area contributed by atoms with Crippen LogP contribution in [0, 0.1) is 0 Å². The number of nitrogens with zero attached hydrogens (tertiary/aromatic N) is 3. The molecule has 0 bridgehead atoms. The maximum Gasteiger partial charge on any atom is 0.176 e. The summed E-state index contributed by atoms with van der Waals surface area (Å²) in [5, 5.41) is 0. The third-order valence-corrected chi connectivity index (χ3v) is 5.03. The number of hydrogen-bond donors (Lipinski definition) is 0. The smallest absolute Gasteiger partial charge is 0.176 e. The summed E-state index contributed by atoms with van der Waals surface area (Å²) in [5.41, 5.74) is 3.08. The standard InChI is InChI=1S/C23H23N3O/c27-22(21-11-9-20(10-12-21)19-6-2-1-3-7-19)18-25-14-16-26(17-15-25)23-8-4-5-13-24-23/h1-13H,14-18H2. The van der Waals surface area contributed by atoms with Crippen molar-refractivity contribution in [1.29, 1.82) is 0 Å². The van der Waals surface area contributed by atoms with Crippen molar-refractivity contribution in [2.45, 2.75) is 0 Å². The molecule has 0 saturated carbocycles. The van der Waals surface area contributed by atoms with Crippen LogP contribution in [0.3, 0.4) is 0 Å². The third kappa shape index (κ3) is 4.23. The Labute approximate surface area is 160 Å². The highest BCUT2D eigenvalue weighted by Gasteiger charge is 2.20. The zero-order valence-electron chi connectivity index (χ0n) is 15.3. The molecule has 0 N–H and O–H groups in total. The quantitative estimate of drug-likeness (QED) is 0.652. The number of anilines is 1. The predicted octanol–water partition coefficient (Wildman–Crippen LogP) is 3.75. The molecule has 2 heterocycles. The summed E-state index contributed by atoms with van der Waals surface area (Å²) in [4.78, 5) is 21.6. The summed E-state index contributed by atoms with van der Waals surface area (Å²) in [6, 6.07) is 24.1. The van der Waals surface area contributed by atoms with Crippen molar-refractivity contribution in [1.82, 2.24) is 9.88 Å². The lowest BCUT2D eigenvalue weighted by Gasteiger charge is -2.35. The van der Waals surface area contributed by atoms with Gasteiger partial charge < -0.3 is 4.90 Å². The molecule has 1 aliphatic heterocycles. The van der Waals surface area contributed by atoms with Crippen molar-refractivity contribution in [3.05, 3.63) is 84.6 Å². The average Bonchev–Trinajstić information content (AvgIpc) is 2.76. The molecule has 0 amide bonds. The van der Waals surface area contributed by atoms with E-state index in [1.54, 1.807) is 0 Å². The SMILES string of the molecule is O=C(CN1CCN(c2ccccn2)CC1)c1ccc(-c2ccccc2)cc1. The molecule has 136 valence electrons. The number of aromatic nitrogens is 1. The number of rotatable bonds is 5. The van der Waals surface area contributed by atoms with Gasteiger partial charge in [-0.3, -0.25) is 9.69 Å². The zero-order chi connectivity index (χ0) is 18.5. The van der Waals surface area contributed by atoms with Gasteiger partial charge in [-0.05, 0) is 23.3 Å². The zero-order valence-corrected chi connectivity index (χ0v) is 15.3. The van der Waals surface area contributed by atoms with Crippen LogP contribution in [-0.4, -0.2) is 48.4 Å². The number of Topliss-reactive ketones (excluding diaryl/α,β-unsaturated/α-hetero) is 1. The third-order valence-electron chi connectivity index (χ3n) is 5.03. The van der Waals surface area contributed by atoms with Gasteiger partial charge in [0.25, 0.3) is 0 Å². The van der Waals surface area contributed by atoms with E-state index in [1.165, 1.54) is 5.56 Å². The lowest BCUT2D eigenvalue weighted by molar-refractivity contribution is 0.0926. The fourth-order valence-corrected chi connectivity index (χ4v) is 3.45. The van der Waals surface area contributed by atoms with Crippen LogP contribution in [0.5, 0.6) is 0 Å². The van der Waals surface area contributed by atoms with Crippen molar-refractivity contribution in [2.24, 2.45) is 0 Å². The summed E-state index contributed by atoms with van der Waals surface area (Å²) in [6.07, 6.45) is 1.82. The first-order chi connectivity index (χ1) is 13.3. The minimum Gasteiger partial charge on any atom is -0.354 e. The molecule has 1 aliphatic rings. The van der Waals surface area contributed by atoms with Gasteiger partial charge in [0.15, 0.2) is 5.78 Å². The number of carbonyl (C=O) groups excluding carboxylic acids is 1. The number of carbonyl (C=O) groups is 1. The minimum absolute atomic E-state index is 0.181. The molecule has 0 aliphatic carbocycles. The van der Waals surface area contributed by atoms with Gasteiger partial charge in [-0.25, -0.2) is 4.98 Å². The van der Waals surface area contributed by atoms with Crippen LogP contribution in [0.4, 0.5) is 5.82 Å². The molecule has 1 fully saturated rings. The molecule has 1 saturated heterocycles. The second kappa shape index (κ2) is 8.14. The molecule has 4 rings (SSSR count). The summed E-state index contributed by atoms with van der Waals surface area (Å²) in [7, 11) is 0. The highest BCUT2D eigenvalue weighted by atomic mass is 16.1. The van der Waals surface area contributed by atoms with Crippen LogP contribution in [0.15, 0.2) is 79.0 Å². The highest BCUT2D eigenvalue weighted by Crippen LogP contribution is 2.20. The lowest BCUT2D eigenvalue weighted by Crippen LogP contribution is -2.48. The topological polar surface area (TPSA) is 36.4 Å². The van der Waals surface area contributed by atoms with Crippen LogP contribution in [0.25, 0.3) is 11.1 Å². The number of piperazine rings is 1. The number of hydrogen-bond acceptors (Lipinski definition) is 4. The average molecular weight is 357 g/mol. The fourth-order valence-electron chi connectivity index (χ4n) is 3.45. The number of benzene rings is 2. The fraction of sp³-hybridized carbons (Fsp3) is 0.217. The van der Waals surface area contributed by atoms with Gasteiger partial charge in [-0.2, -0.15) is 0 Å². The van der Waals surface area contributed by atoms with E-state index >= 15 is 0 Å². The van der Waals surface area contributed by atoms with E-state index in [1.807, 2.05) is 66.9 Å². The van der Waals surface area contributed by atoms with Gasteiger partial charge >= 0.3 is 0 Å². The Morgan fingerprint density at radius 2 is 1.44 bits per heavy atom. The highest BCUT2D eigenvalue weighted by molar-refractivity contribution is 5.98. The molecule has 0 radical (unpaired) electrons. The van der Waals surface area contributed by atoms with Gasteiger partial charge in [0, 0.05) is 37.9 Å². The summed E-state index contributed by atoms with van der Waals surface area (Å²) >= 11 is 0. The Morgan fingerprint density at radius 1 is 0.778 bits per heavy atom. The maximum atomic E-state index is 12.6. The van der Waals surface area contributed by atoms with Gasteiger partial charge in [0.1, 0.15) is 5.82 Å². The molecule has 27 heavy (non-hydrogen) atoms. The molecule has 1 aromatic heterocycles. The van der Waals surface area contributed by atoms with E-state index in [4.69, 9.17) is 0 Å². The minimum atomic E-state index is 0.181. The van der Waals surface area contributed by atoms with E-state index in [2.05, 4.69) is 26.9 Å². The Balaban J connectivity index is 1.33. The van der Waals surface area contributed by atoms with E-state index in [0.717, 1.165) is 43.1 Å². The summed E-state index contributed by atoms with van der Waals surface area (Å²) < 4.78 is 0. The Hall–Kier alpha value is -2.98. The van der Waals surface area contributed by atoms with Crippen LogP contribution in [0.2, 0.25) is 0 Å². The van der Waals surface area contributed by atoms with Gasteiger partial charge in [-0.15, -0.1) is 0 Å². The molecular weight excluding hydrogens is 334 g/mol. The second-order valence-corrected chi connectivity index (χ2v) is 6.82. The van der Waals surface area contributed by atoms with Crippen molar-refractivity contribution in [3.63, 3.8) is 0 Å². The molecule has 3 aromatic rings. The van der Waals surface area contributed by atoms with E-state index in [-0.39, 0.29) is 5.78 Å². The molecule has 4 heteroatoms. The van der Waals surface area contributed by atoms with Crippen LogP contribution < -0.4 is 4.90 Å². The first-order valence-electron chi connectivity index (χ1n) is 9.36. The molecular formula is C23H23N3O. The van der Waals surface area contributed by atoms with Gasteiger partial charge in [-0.1, -0.05) is 60.7 Å². The van der Waals surface area contributed by atoms with Gasteiger partial charge in [0.05, 0.1) is 6.54 Å². The van der Waals surface area contributed by atoms with E-state index in [9.17, 15) is 4.79 Å². The van der Waals surface area contributed by atoms with E-state index in [0.29, 0.717) is 6.54 Å². The van der Waals surface area contributed by atoms with Crippen molar-refractivity contribution >= 4 is 11.6 Å².